The molecule has 9 heavy (non-hydrogen) atoms. The minimum absolute atomic E-state index is 0. The number of nitrogens with zero attached hydrogens (tertiary/aromatic N) is 1. The Hall–Kier alpha value is -0.600. The first-order valence-electron chi connectivity index (χ1n) is 2.37. The molecule has 0 atom stereocenters. The van der Waals surface area contributed by atoms with Crippen molar-refractivity contribution in [3.05, 3.63) is 29.0 Å². The molecule has 0 saturated carbocycles. The predicted molar refractivity (Wildman–Crippen MR) is 39.0 cm³/mol. The highest BCUT2D eigenvalue weighted by molar-refractivity contribution is 6.29. The Labute approximate surface area is 59.5 Å². The molecule has 0 radical (unpaired) electrons. The van der Waals surface area contributed by atoms with Crippen molar-refractivity contribution >= 4 is 11.6 Å². The van der Waals surface area contributed by atoms with E-state index in [1.54, 1.807) is 12.3 Å². The first kappa shape index (κ1) is 8.40. The number of aryl methyl sites for hydroxylation is 1. The standard InChI is InChI=1S/C6H6ClN.H3N/c1-5-2-3-6(7)8-4-5;/h2-4H,1H3;1H3. The Kier molecular flexibility index (Phi) is 3.20. The summed E-state index contributed by atoms with van der Waals surface area (Å²) in [7, 11) is 0. The van der Waals surface area contributed by atoms with Crippen molar-refractivity contribution in [1.82, 2.24) is 11.1 Å². The van der Waals surface area contributed by atoms with Crippen molar-refractivity contribution in [2.24, 2.45) is 0 Å². The lowest BCUT2D eigenvalue weighted by molar-refractivity contribution is 1.27. The summed E-state index contributed by atoms with van der Waals surface area (Å²) in [5.41, 5.74) is 1.13. The number of hydrogen-bond acceptors (Lipinski definition) is 2. The molecule has 1 heterocycles. The lowest BCUT2D eigenvalue weighted by Gasteiger charge is -1.87. The Morgan fingerprint density at radius 1 is 1.44 bits per heavy atom. The van der Waals surface area contributed by atoms with Gasteiger partial charge in [-0.25, -0.2) is 4.98 Å². The molecule has 0 spiro atoms. The number of halogens is 1. The Bertz CT molecular complexity index is 150. The predicted octanol–water partition coefficient (Wildman–Crippen LogP) is 2.21. The van der Waals surface area contributed by atoms with Gasteiger partial charge in [0.1, 0.15) is 5.15 Å². The summed E-state index contributed by atoms with van der Waals surface area (Å²) in [4.78, 5) is 3.84. The molecule has 1 aromatic rings. The average molecular weight is 145 g/mol. The molecule has 2 nitrogen and oxygen atoms in total. The minimum Gasteiger partial charge on any atom is -0.344 e. The maximum absolute atomic E-state index is 5.50. The molecule has 0 aliphatic heterocycles. The van der Waals surface area contributed by atoms with Gasteiger partial charge in [0.05, 0.1) is 0 Å². The number of pyridine rings is 1. The van der Waals surface area contributed by atoms with Gasteiger partial charge in [-0.3, -0.25) is 0 Å². The average Bonchev–Trinajstić information content (AvgIpc) is 1.77. The molecule has 0 bridgehead atoms. The topological polar surface area (TPSA) is 47.9 Å². The van der Waals surface area contributed by atoms with Gasteiger partial charge in [-0.1, -0.05) is 17.7 Å². The third-order valence-corrected chi connectivity index (χ3v) is 1.10. The van der Waals surface area contributed by atoms with Crippen molar-refractivity contribution < 1.29 is 0 Å². The van der Waals surface area contributed by atoms with Crippen molar-refractivity contribution in [2.45, 2.75) is 6.92 Å². The van der Waals surface area contributed by atoms with Gasteiger partial charge in [0.2, 0.25) is 0 Å². The molecule has 50 valence electrons. The zero-order valence-electron chi connectivity index (χ0n) is 5.26. The Morgan fingerprint density at radius 2 is 2.11 bits per heavy atom. The van der Waals surface area contributed by atoms with E-state index in [9.17, 15) is 0 Å². The summed E-state index contributed by atoms with van der Waals surface area (Å²) in [6.07, 6.45) is 1.74. The van der Waals surface area contributed by atoms with Crippen LogP contribution in [0.15, 0.2) is 18.3 Å². The van der Waals surface area contributed by atoms with Crippen LogP contribution in [0.3, 0.4) is 0 Å². The van der Waals surface area contributed by atoms with E-state index in [2.05, 4.69) is 4.98 Å². The fraction of sp³-hybridized carbons (Fsp3) is 0.167. The molecule has 3 heteroatoms. The van der Waals surface area contributed by atoms with Crippen LogP contribution in [0, 0.1) is 6.92 Å². The maximum Gasteiger partial charge on any atom is 0.129 e. The minimum atomic E-state index is 0. The highest BCUT2D eigenvalue weighted by Gasteiger charge is 1.83. The fourth-order valence-electron chi connectivity index (χ4n) is 0.450. The lowest BCUT2D eigenvalue weighted by Crippen LogP contribution is -1.73. The third kappa shape index (κ3) is 2.44. The van der Waals surface area contributed by atoms with Gasteiger partial charge in [0.25, 0.3) is 0 Å². The summed E-state index contributed by atoms with van der Waals surface area (Å²) in [5, 5.41) is 0.551. The van der Waals surface area contributed by atoms with Crippen LogP contribution >= 0.6 is 11.6 Å². The van der Waals surface area contributed by atoms with Crippen molar-refractivity contribution in [2.75, 3.05) is 0 Å². The van der Waals surface area contributed by atoms with Gasteiger partial charge in [-0.15, -0.1) is 0 Å². The van der Waals surface area contributed by atoms with Crippen LogP contribution in [0.4, 0.5) is 0 Å². The fourth-order valence-corrected chi connectivity index (χ4v) is 0.562. The van der Waals surface area contributed by atoms with Crippen LogP contribution in [0.1, 0.15) is 5.56 Å². The second-order valence-corrected chi connectivity index (χ2v) is 2.05. The summed E-state index contributed by atoms with van der Waals surface area (Å²) in [5.74, 6) is 0. The van der Waals surface area contributed by atoms with Crippen LogP contribution in [0.5, 0.6) is 0 Å². The molecule has 0 amide bonds. The van der Waals surface area contributed by atoms with Gasteiger partial charge in [0.15, 0.2) is 0 Å². The van der Waals surface area contributed by atoms with Crippen LogP contribution in [0.2, 0.25) is 5.15 Å². The lowest BCUT2D eigenvalue weighted by atomic mass is 10.3. The molecule has 0 aliphatic rings. The zero-order valence-corrected chi connectivity index (χ0v) is 6.02. The van der Waals surface area contributed by atoms with Gasteiger partial charge < -0.3 is 6.15 Å². The second-order valence-electron chi connectivity index (χ2n) is 1.66. The van der Waals surface area contributed by atoms with Crippen LogP contribution in [0.25, 0.3) is 0 Å². The van der Waals surface area contributed by atoms with Crippen LogP contribution in [-0.4, -0.2) is 4.98 Å². The van der Waals surface area contributed by atoms with Crippen LogP contribution in [-0.2, 0) is 0 Å². The van der Waals surface area contributed by atoms with E-state index < -0.39 is 0 Å². The molecule has 3 N–H and O–H groups in total. The molecule has 0 aromatic carbocycles. The monoisotopic (exact) mass is 144 g/mol. The number of rotatable bonds is 0. The van der Waals surface area contributed by atoms with Crippen molar-refractivity contribution in [3.8, 4) is 0 Å². The Balaban J connectivity index is 0.000000640. The largest absolute Gasteiger partial charge is 0.344 e. The molecule has 0 aliphatic carbocycles. The zero-order chi connectivity index (χ0) is 5.98. The molecular formula is C6H9ClN2. The highest BCUT2D eigenvalue weighted by Crippen LogP contribution is 2.02. The third-order valence-electron chi connectivity index (χ3n) is 0.875. The second kappa shape index (κ2) is 3.43. The highest BCUT2D eigenvalue weighted by atomic mass is 35.5. The smallest absolute Gasteiger partial charge is 0.129 e. The van der Waals surface area contributed by atoms with E-state index in [-0.39, 0.29) is 6.15 Å². The summed E-state index contributed by atoms with van der Waals surface area (Å²) >= 11 is 5.50. The van der Waals surface area contributed by atoms with E-state index in [0.29, 0.717) is 5.15 Å². The molecule has 1 aromatic heterocycles. The number of hydrogen-bond donors (Lipinski definition) is 1. The first-order valence-corrected chi connectivity index (χ1v) is 2.75. The van der Waals surface area contributed by atoms with Crippen molar-refractivity contribution in [1.29, 1.82) is 0 Å². The quantitative estimate of drug-likeness (QED) is 0.568. The van der Waals surface area contributed by atoms with E-state index in [0.717, 1.165) is 5.56 Å². The first-order chi connectivity index (χ1) is 3.79. The van der Waals surface area contributed by atoms with E-state index >= 15 is 0 Å². The summed E-state index contributed by atoms with van der Waals surface area (Å²) in [6.45, 7) is 1.98. The van der Waals surface area contributed by atoms with E-state index in [1.807, 2.05) is 13.0 Å². The Morgan fingerprint density at radius 3 is 2.44 bits per heavy atom. The summed E-state index contributed by atoms with van der Waals surface area (Å²) in [6, 6.07) is 3.70. The molecular weight excluding hydrogens is 136 g/mol. The maximum atomic E-state index is 5.50. The summed E-state index contributed by atoms with van der Waals surface area (Å²) < 4.78 is 0. The normalized spacial score (nSPS) is 8.22. The molecule has 0 fully saturated rings. The van der Waals surface area contributed by atoms with Gasteiger partial charge in [-0.05, 0) is 18.6 Å². The van der Waals surface area contributed by atoms with Gasteiger partial charge >= 0.3 is 0 Å². The van der Waals surface area contributed by atoms with Crippen molar-refractivity contribution in [3.63, 3.8) is 0 Å². The van der Waals surface area contributed by atoms with Gasteiger partial charge in [0, 0.05) is 6.20 Å². The van der Waals surface area contributed by atoms with Crippen LogP contribution < -0.4 is 6.15 Å². The molecule has 1 rings (SSSR count). The molecule has 0 saturated heterocycles. The van der Waals surface area contributed by atoms with E-state index in [1.165, 1.54) is 0 Å². The van der Waals surface area contributed by atoms with Gasteiger partial charge in [-0.2, -0.15) is 0 Å². The SMILES string of the molecule is Cc1ccc(Cl)nc1.N. The van der Waals surface area contributed by atoms with E-state index in [4.69, 9.17) is 11.6 Å². The molecule has 0 unspecified atom stereocenters. The number of aromatic nitrogens is 1.